The molecule has 0 spiro atoms. The lowest BCUT2D eigenvalue weighted by atomic mass is 9.85. The summed E-state index contributed by atoms with van der Waals surface area (Å²) in [6.07, 6.45) is 11.0. The SMILES string of the molecule is CC(C)(C)[C@@H](C(=O)N1CC(O)CC1C(=O)NC1CCN(CC2CCCC2)CC1)n1cc(C2CC2)nn1. The Bertz CT molecular complexity index is 924. The Morgan fingerprint density at radius 3 is 2.44 bits per heavy atom. The molecular formula is C27H44N6O3. The zero-order valence-electron chi connectivity index (χ0n) is 22.2. The fraction of sp³-hybridized carbons (Fsp3) is 0.852. The summed E-state index contributed by atoms with van der Waals surface area (Å²) >= 11 is 0. The van der Waals surface area contributed by atoms with Gasteiger partial charge in [0, 0.05) is 50.8 Å². The molecule has 3 atom stereocenters. The van der Waals surface area contributed by atoms with Gasteiger partial charge in [0.1, 0.15) is 12.1 Å². The van der Waals surface area contributed by atoms with Crippen LogP contribution in [0.3, 0.4) is 0 Å². The van der Waals surface area contributed by atoms with Crippen LogP contribution in [-0.2, 0) is 9.59 Å². The summed E-state index contributed by atoms with van der Waals surface area (Å²) < 4.78 is 1.68. The molecule has 0 bridgehead atoms. The molecule has 2 amide bonds. The van der Waals surface area contributed by atoms with Crippen LogP contribution in [0.5, 0.6) is 0 Å². The van der Waals surface area contributed by atoms with Crippen molar-refractivity contribution in [1.29, 1.82) is 0 Å². The summed E-state index contributed by atoms with van der Waals surface area (Å²) in [5.74, 6) is 0.986. The predicted molar refractivity (Wildman–Crippen MR) is 136 cm³/mol. The highest BCUT2D eigenvalue weighted by Gasteiger charge is 2.46. The van der Waals surface area contributed by atoms with Crippen molar-refractivity contribution >= 4 is 11.8 Å². The number of aliphatic hydroxyl groups excluding tert-OH is 1. The van der Waals surface area contributed by atoms with E-state index in [0.29, 0.717) is 5.92 Å². The second-order valence-corrected chi connectivity index (χ2v) is 12.8. The van der Waals surface area contributed by atoms with Crippen molar-refractivity contribution in [2.45, 2.75) is 109 Å². The summed E-state index contributed by atoms with van der Waals surface area (Å²) in [6, 6.07) is -1.11. The molecule has 2 N–H and O–H groups in total. The molecule has 2 saturated carbocycles. The van der Waals surface area contributed by atoms with Crippen LogP contribution in [0.1, 0.15) is 96.2 Å². The van der Waals surface area contributed by atoms with Crippen molar-refractivity contribution in [2.75, 3.05) is 26.2 Å². The van der Waals surface area contributed by atoms with Gasteiger partial charge in [0.2, 0.25) is 11.8 Å². The summed E-state index contributed by atoms with van der Waals surface area (Å²) in [5, 5.41) is 22.3. The van der Waals surface area contributed by atoms with E-state index in [2.05, 4.69) is 20.5 Å². The molecular weight excluding hydrogens is 456 g/mol. The van der Waals surface area contributed by atoms with Gasteiger partial charge in [-0.25, -0.2) is 4.68 Å². The average molecular weight is 501 g/mol. The number of amides is 2. The monoisotopic (exact) mass is 500 g/mol. The third kappa shape index (κ3) is 5.77. The minimum Gasteiger partial charge on any atom is -0.391 e. The van der Waals surface area contributed by atoms with Crippen LogP contribution in [0.25, 0.3) is 0 Å². The van der Waals surface area contributed by atoms with Gasteiger partial charge in [-0.05, 0) is 49.9 Å². The molecule has 1 aromatic heterocycles. The first-order valence-corrected chi connectivity index (χ1v) is 14.1. The minimum atomic E-state index is -0.698. The van der Waals surface area contributed by atoms with Gasteiger partial charge in [0.05, 0.1) is 11.8 Å². The maximum Gasteiger partial charge on any atom is 0.248 e. The number of carbonyl (C=O) groups excluding carboxylic acids is 2. The predicted octanol–water partition coefficient (Wildman–Crippen LogP) is 2.48. The van der Waals surface area contributed by atoms with Crippen molar-refractivity contribution < 1.29 is 14.7 Å². The number of hydrogen-bond acceptors (Lipinski definition) is 6. The van der Waals surface area contributed by atoms with E-state index < -0.39 is 23.6 Å². The van der Waals surface area contributed by atoms with E-state index >= 15 is 0 Å². The Morgan fingerprint density at radius 2 is 1.81 bits per heavy atom. The third-order valence-electron chi connectivity index (χ3n) is 8.63. The number of nitrogens with zero attached hydrogens (tertiary/aromatic N) is 5. The van der Waals surface area contributed by atoms with Gasteiger partial charge >= 0.3 is 0 Å². The lowest BCUT2D eigenvalue weighted by Crippen LogP contribution is -2.53. The first-order valence-electron chi connectivity index (χ1n) is 14.1. The first kappa shape index (κ1) is 25.6. The molecule has 9 nitrogen and oxygen atoms in total. The quantitative estimate of drug-likeness (QED) is 0.596. The Morgan fingerprint density at radius 1 is 1.11 bits per heavy atom. The number of carbonyl (C=O) groups is 2. The van der Waals surface area contributed by atoms with Gasteiger partial charge in [-0.2, -0.15) is 0 Å². The molecule has 2 saturated heterocycles. The zero-order chi connectivity index (χ0) is 25.4. The van der Waals surface area contributed by atoms with E-state index in [1.54, 1.807) is 9.58 Å². The molecule has 2 aliphatic carbocycles. The van der Waals surface area contributed by atoms with E-state index in [1.807, 2.05) is 27.0 Å². The second-order valence-electron chi connectivity index (χ2n) is 12.8. The molecule has 3 heterocycles. The van der Waals surface area contributed by atoms with Crippen LogP contribution < -0.4 is 5.32 Å². The van der Waals surface area contributed by atoms with E-state index in [-0.39, 0.29) is 30.8 Å². The van der Waals surface area contributed by atoms with Gasteiger partial charge in [0.15, 0.2) is 0 Å². The largest absolute Gasteiger partial charge is 0.391 e. The fourth-order valence-electron chi connectivity index (χ4n) is 6.44. The van der Waals surface area contributed by atoms with Crippen molar-refractivity contribution in [2.24, 2.45) is 11.3 Å². The number of piperidine rings is 1. The number of nitrogens with one attached hydrogen (secondary N) is 1. The van der Waals surface area contributed by atoms with Gasteiger partial charge in [-0.3, -0.25) is 9.59 Å². The van der Waals surface area contributed by atoms with E-state index in [4.69, 9.17) is 0 Å². The maximum atomic E-state index is 13.9. The standard InChI is InChI=1S/C27H44N6O3/c1-27(2,3)24(33-17-22(29-30-33)19-8-9-19)26(36)32-16-21(34)14-23(32)25(35)28-20-10-12-31(13-11-20)15-18-6-4-5-7-18/h17-21,23-24,34H,4-16H2,1-3H3,(H,28,35)/t21?,23?,24-/m1/s1. The van der Waals surface area contributed by atoms with Crippen LogP contribution in [0.4, 0.5) is 0 Å². The molecule has 1 aromatic rings. The van der Waals surface area contributed by atoms with Crippen LogP contribution in [-0.4, -0.2) is 86.1 Å². The van der Waals surface area contributed by atoms with Crippen molar-refractivity contribution in [3.63, 3.8) is 0 Å². The highest BCUT2D eigenvalue weighted by atomic mass is 16.3. The van der Waals surface area contributed by atoms with Gasteiger partial charge in [-0.15, -0.1) is 5.10 Å². The number of hydrogen-bond donors (Lipinski definition) is 2. The molecule has 2 unspecified atom stereocenters. The smallest absolute Gasteiger partial charge is 0.248 e. The molecule has 200 valence electrons. The van der Waals surface area contributed by atoms with Crippen molar-refractivity contribution in [3.8, 4) is 0 Å². The summed E-state index contributed by atoms with van der Waals surface area (Å²) in [7, 11) is 0. The molecule has 9 heteroatoms. The van der Waals surface area contributed by atoms with E-state index in [9.17, 15) is 14.7 Å². The Kier molecular flexibility index (Phi) is 7.41. The van der Waals surface area contributed by atoms with Crippen molar-refractivity contribution in [1.82, 2.24) is 30.1 Å². The number of rotatable bonds is 7. The van der Waals surface area contributed by atoms with Crippen LogP contribution in [0, 0.1) is 11.3 Å². The molecule has 4 aliphatic rings. The third-order valence-corrected chi connectivity index (χ3v) is 8.63. The number of aromatic nitrogens is 3. The average Bonchev–Trinajstić information content (AvgIpc) is 3.19. The highest BCUT2D eigenvalue weighted by molar-refractivity contribution is 5.90. The van der Waals surface area contributed by atoms with Crippen LogP contribution in [0.15, 0.2) is 6.20 Å². The molecule has 36 heavy (non-hydrogen) atoms. The Hall–Kier alpha value is -2.00. The van der Waals surface area contributed by atoms with E-state index in [0.717, 1.165) is 50.4 Å². The molecule has 0 aromatic carbocycles. The highest BCUT2D eigenvalue weighted by Crippen LogP contribution is 2.40. The Labute approximate surface area is 215 Å². The molecule has 0 radical (unpaired) electrons. The fourth-order valence-corrected chi connectivity index (χ4v) is 6.44. The molecule has 4 fully saturated rings. The number of aliphatic hydroxyl groups is 1. The summed E-state index contributed by atoms with van der Waals surface area (Å²) in [4.78, 5) is 31.4. The topological polar surface area (TPSA) is 104 Å². The lowest BCUT2D eigenvalue weighted by molar-refractivity contribution is -0.144. The number of β-amino-alcohol motifs (C(OH)–C–C–N with tert-alkyl or cyclic N) is 1. The lowest BCUT2D eigenvalue weighted by Gasteiger charge is -2.36. The normalized spacial score (nSPS) is 27.5. The summed E-state index contributed by atoms with van der Waals surface area (Å²) in [5.41, 5.74) is 0.513. The summed E-state index contributed by atoms with van der Waals surface area (Å²) in [6.45, 7) is 9.42. The first-order chi connectivity index (χ1) is 17.2. The van der Waals surface area contributed by atoms with Gasteiger partial charge in [0.25, 0.3) is 0 Å². The molecule has 2 aliphatic heterocycles. The number of likely N-dealkylation sites (tertiary alicyclic amines) is 2. The maximum absolute atomic E-state index is 13.9. The van der Waals surface area contributed by atoms with E-state index in [1.165, 1.54) is 32.2 Å². The Balaban J connectivity index is 1.21. The minimum absolute atomic E-state index is 0.127. The zero-order valence-corrected chi connectivity index (χ0v) is 22.2. The molecule has 5 rings (SSSR count). The van der Waals surface area contributed by atoms with Gasteiger partial charge in [-0.1, -0.05) is 38.8 Å². The van der Waals surface area contributed by atoms with Crippen molar-refractivity contribution in [3.05, 3.63) is 11.9 Å². The van der Waals surface area contributed by atoms with Crippen LogP contribution in [0.2, 0.25) is 0 Å². The van der Waals surface area contributed by atoms with Gasteiger partial charge < -0.3 is 20.2 Å². The van der Waals surface area contributed by atoms with Crippen LogP contribution >= 0.6 is 0 Å². The second kappa shape index (κ2) is 10.4.